The van der Waals surface area contributed by atoms with Gasteiger partial charge in [-0.05, 0) is 12.1 Å². The number of esters is 1. The van der Waals surface area contributed by atoms with Gasteiger partial charge in [-0.25, -0.2) is 9.78 Å². The van der Waals surface area contributed by atoms with Gasteiger partial charge in [-0.2, -0.15) is 0 Å². The smallest absolute Gasteiger partial charge is 0.465 e. The lowest BCUT2D eigenvalue weighted by molar-refractivity contribution is -0.274. The second-order valence-corrected chi connectivity index (χ2v) is 4.15. The molecule has 0 fully saturated rings. The van der Waals surface area contributed by atoms with Gasteiger partial charge in [0.1, 0.15) is 11.6 Å². The molecule has 0 unspecified atom stereocenters. The first-order valence-electron chi connectivity index (χ1n) is 6.01. The maximum absolute atomic E-state index is 12.5. The SMILES string of the molecule is COC(=O)c1ccnc(N)c1-c1ccccc1OC(F)(F)F. The predicted molar refractivity (Wildman–Crippen MR) is 72.1 cm³/mol. The number of carbonyl (C=O) groups is 1. The summed E-state index contributed by atoms with van der Waals surface area (Å²) in [6.07, 6.45) is -3.61. The van der Waals surface area contributed by atoms with Gasteiger partial charge in [0, 0.05) is 17.3 Å². The average molecular weight is 312 g/mol. The summed E-state index contributed by atoms with van der Waals surface area (Å²) in [6, 6.07) is 6.64. The van der Waals surface area contributed by atoms with E-state index in [2.05, 4.69) is 14.5 Å². The molecule has 2 rings (SSSR count). The van der Waals surface area contributed by atoms with Gasteiger partial charge in [-0.1, -0.05) is 18.2 Å². The monoisotopic (exact) mass is 312 g/mol. The minimum atomic E-state index is -4.88. The van der Waals surface area contributed by atoms with Crippen LogP contribution in [0.25, 0.3) is 11.1 Å². The molecule has 0 aliphatic rings. The van der Waals surface area contributed by atoms with Gasteiger partial charge in [0.2, 0.25) is 0 Å². The van der Waals surface area contributed by atoms with Crippen molar-refractivity contribution in [2.24, 2.45) is 0 Å². The van der Waals surface area contributed by atoms with E-state index >= 15 is 0 Å². The van der Waals surface area contributed by atoms with Crippen LogP contribution < -0.4 is 10.5 Å². The Kier molecular flexibility index (Phi) is 4.20. The van der Waals surface area contributed by atoms with Gasteiger partial charge in [-0.3, -0.25) is 0 Å². The van der Waals surface area contributed by atoms with Crippen LogP contribution in [-0.2, 0) is 4.74 Å². The lowest BCUT2D eigenvalue weighted by Gasteiger charge is -2.16. The van der Waals surface area contributed by atoms with Crippen molar-refractivity contribution in [3.8, 4) is 16.9 Å². The van der Waals surface area contributed by atoms with Gasteiger partial charge >= 0.3 is 12.3 Å². The van der Waals surface area contributed by atoms with Crippen LogP contribution in [0.4, 0.5) is 19.0 Å². The molecule has 2 N–H and O–H groups in total. The molecule has 22 heavy (non-hydrogen) atoms. The summed E-state index contributed by atoms with van der Waals surface area (Å²) < 4.78 is 46.1. The van der Waals surface area contributed by atoms with Crippen LogP contribution >= 0.6 is 0 Å². The number of alkyl halides is 3. The molecule has 0 radical (unpaired) electrons. The molecule has 0 spiro atoms. The summed E-state index contributed by atoms with van der Waals surface area (Å²) in [7, 11) is 1.15. The van der Waals surface area contributed by atoms with E-state index in [0.717, 1.165) is 13.2 Å². The third-order valence-corrected chi connectivity index (χ3v) is 2.77. The molecule has 0 aliphatic carbocycles. The zero-order valence-electron chi connectivity index (χ0n) is 11.3. The predicted octanol–water partition coefficient (Wildman–Crippen LogP) is 3.02. The Morgan fingerprint density at radius 2 is 1.91 bits per heavy atom. The third kappa shape index (κ3) is 3.27. The Balaban J connectivity index is 2.65. The van der Waals surface area contributed by atoms with E-state index in [-0.39, 0.29) is 22.5 Å². The van der Waals surface area contributed by atoms with E-state index < -0.39 is 18.1 Å². The molecule has 0 saturated carbocycles. The number of para-hydroxylation sites is 1. The number of halogens is 3. The lowest BCUT2D eigenvalue weighted by Crippen LogP contribution is -2.18. The number of ether oxygens (including phenoxy) is 2. The van der Waals surface area contributed by atoms with E-state index in [0.29, 0.717) is 0 Å². The number of benzene rings is 1. The Bertz CT molecular complexity index is 702. The van der Waals surface area contributed by atoms with Gasteiger partial charge in [0.05, 0.1) is 12.7 Å². The Morgan fingerprint density at radius 3 is 2.55 bits per heavy atom. The van der Waals surface area contributed by atoms with Gasteiger partial charge in [0.25, 0.3) is 0 Å². The fraction of sp³-hybridized carbons (Fsp3) is 0.143. The van der Waals surface area contributed by atoms with Gasteiger partial charge in [-0.15, -0.1) is 13.2 Å². The summed E-state index contributed by atoms with van der Waals surface area (Å²) in [4.78, 5) is 15.6. The minimum absolute atomic E-state index is 0.00627. The number of hydrogen-bond acceptors (Lipinski definition) is 5. The van der Waals surface area contributed by atoms with Crippen LogP contribution in [0.5, 0.6) is 5.75 Å². The largest absolute Gasteiger partial charge is 0.573 e. The summed E-state index contributed by atoms with van der Waals surface area (Å²) in [5, 5.41) is 0. The molecule has 116 valence electrons. The standard InChI is InChI=1S/C14H11F3N2O3/c1-21-13(20)9-6-7-19-12(18)11(9)8-4-2-3-5-10(8)22-14(15,16)17/h2-7H,1H3,(H2,18,19). The van der Waals surface area contributed by atoms with Crippen LogP contribution in [0.2, 0.25) is 0 Å². The van der Waals surface area contributed by atoms with Crippen molar-refractivity contribution in [2.45, 2.75) is 6.36 Å². The molecule has 2 aromatic rings. The van der Waals surface area contributed by atoms with Crippen LogP contribution in [0, 0.1) is 0 Å². The molecular formula is C14H11F3N2O3. The van der Waals surface area contributed by atoms with E-state index in [1.54, 1.807) is 0 Å². The molecule has 1 aromatic heterocycles. The number of rotatable bonds is 3. The van der Waals surface area contributed by atoms with Gasteiger partial charge in [0.15, 0.2) is 0 Å². The fourth-order valence-corrected chi connectivity index (χ4v) is 1.93. The normalized spacial score (nSPS) is 11.1. The number of nitrogen functional groups attached to an aromatic ring is 1. The van der Waals surface area contributed by atoms with Crippen molar-refractivity contribution in [2.75, 3.05) is 12.8 Å². The summed E-state index contributed by atoms with van der Waals surface area (Å²) in [6.45, 7) is 0. The molecule has 8 heteroatoms. The van der Waals surface area contributed by atoms with Crippen LogP contribution in [-0.4, -0.2) is 24.4 Å². The zero-order chi connectivity index (χ0) is 16.3. The number of aromatic nitrogens is 1. The Labute approximate surface area is 123 Å². The third-order valence-electron chi connectivity index (χ3n) is 2.77. The number of hydrogen-bond donors (Lipinski definition) is 1. The zero-order valence-corrected chi connectivity index (χ0v) is 11.3. The first kappa shape index (κ1) is 15.6. The van der Waals surface area contributed by atoms with Crippen molar-refractivity contribution in [3.63, 3.8) is 0 Å². The first-order valence-corrected chi connectivity index (χ1v) is 6.01. The van der Waals surface area contributed by atoms with Crippen LogP contribution in [0.3, 0.4) is 0 Å². The number of nitrogens with zero attached hydrogens (tertiary/aromatic N) is 1. The molecule has 1 heterocycles. The van der Waals surface area contributed by atoms with E-state index in [9.17, 15) is 18.0 Å². The summed E-state index contributed by atoms with van der Waals surface area (Å²) >= 11 is 0. The molecule has 5 nitrogen and oxygen atoms in total. The second-order valence-electron chi connectivity index (χ2n) is 4.15. The van der Waals surface area contributed by atoms with Crippen LogP contribution in [0.15, 0.2) is 36.5 Å². The second kappa shape index (κ2) is 5.92. The molecule has 0 saturated heterocycles. The van der Waals surface area contributed by atoms with E-state index in [4.69, 9.17) is 5.73 Å². The molecule has 0 atom stereocenters. The average Bonchev–Trinajstić information content (AvgIpc) is 2.45. The minimum Gasteiger partial charge on any atom is -0.465 e. The van der Waals surface area contributed by atoms with Crippen molar-refractivity contribution in [1.29, 1.82) is 0 Å². The lowest BCUT2D eigenvalue weighted by atomic mass is 10.00. The maximum atomic E-state index is 12.5. The van der Waals surface area contributed by atoms with Crippen molar-refractivity contribution in [3.05, 3.63) is 42.1 Å². The molecule has 0 aliphatic heterocycles. The topological polar surface area (TPSA) is 74.4 Å². The Morgan fingerprint density at radius 1 is 1.23 bits per heavy atom. The van der Waals surface area contributed by atoms with Crippen molar-refractivity contribution >= 4 is 11.8 Å². The van der Waals surface area contributed by atoms with E-state index in [1.165, 1.54) is 30.5 Å². The number of pyridine rings is 1. The summed E-state index contributed by atoms with van der Waals surface area (Å²) in [5.74, 6) is -1.34. The highest BCUT2D eigenvalue weighted by Gasteiger charge is 2.33. The van der Waals surface area contributed by atoms with E-state index in [1.807, 2.05) is 0 Å². The maximum Gasteiger partial charge on any atom is 0.573 e. The highest BCUT2D eigenvalue weighted by Crippen LogP contribution is 2.37. The molecule has 0 bridgehead atoms. The van der Waals surface area contributed by atoms with Crippen LogP contribution in [0.1, 0.15) is 10.4 Å². The molecule has 1 aromatic carbocycles. The van der Waals surface area contributed by atoms with Crippen molar-refractivity contribution in [1.82, 2.24) is 4.98 Å². The molecular weight excluding hydrogens is 301 g/mol. The number of carbonyl (C=O) groups excluding carboxylic acids is 1. The Hall–Kier alpha value is -2.77. The summed E-state index contributed by atoms with van der Waals surface area (Å²) in [5.41, 5.74) is 5.73. The highest BCUT2D eigenvalue weighted by atomic mass is 19.4. The van der Waals surface area contributed by atoms with Gasteiger partial charge < -0.3 is 15.2 Å². The first-order chi connectivity index (χ1) is 10.3. The number of methoxy groups -OCH3 is 1. The quantitative estimate of drug-likeness (QED) is 0.882. The fourth-order valence-electron chi connectivity index (χ4n) is 1.93. The number of nitrogens with two attached hydrogens (primary N) is 1. The van der Waals surface area contributed by atoms with Crippen molar-refractivity contribution < 1.29 is 27.4 Å². The number of anilines is 1. The molecule has 0 amide bonds. The highest BCUT2D eigenvalue weighted by molar-refractivity contribution is 6.00.